The summed E-state index contributed by atoms with van der Waals surface area (Å²) in [6.45, 7) is 2.30. The van der Waals surface area contributed by atoms with Gasteiger partial charge in [0.1, 0.15) is 6.33 Å². The first kappa shape index (κ1) is 13.5. The Labute approximate surface area is 110 Å². The molecule has 0 amide bonds. The Morgan fingerprint density at radius 1 is 1.47 bits per heavy atom. The topological polar surface area (TPSA) is 113 Å². The summed E-state index contributed by atoms with van der Waals surface area (Å²) in [7, 11) is 0. The van der Waals surface area contributed by atoms with E-state index in [4.69, 9.17) is 0 Å². The minimum Gasteiger partial charge on any atom is -0.394 e. The molecule has 19 heavy (non-hydrogen) atoms. The summed E-state index contributed by atoms with van der Waals surface area (Å²) in [5, 5.41) is 26.4. The minimum atomic E-state index is -0.510. The van der Waals surface area contributed by atoms with E-state index in [1.165, 1.54) is 6.33 Å². The van der Waals surface area contributed by atoms with Crippen LogP contribution in [-0.2, 0) is 0 Å². The van der Waals surface area contributed by atoms with Gasteiger partial charge in [0.2, 0.25) is 11.6 Å². The molecule has 1 saturated carbocycles. The fraction of sp³-hybridized carbons (Fsp3) is 0.636. The molecule has 1 aliphatic rings. The molecule has 1 aliphatic carbocycles. The molecule has 0 radical (unpaired) electrons. The maximum Gasteiger partial charge on any atom is 0.353 e. The van der Waals surface area contributed by atoms with E-state index >= 15 is 0 Å². The van der Waals surface area contributed by atoms with Gasteiger partial charge in [-0.2, -0.15) is 0 Å². The van der Waals surface area contributed by atoms with E-state index < -0.39 is 10.5 Å². The Hall–Kier alpha value is -1.96. The highest BCUT2D eigenvalue weighted by Crippen LogP contribution is 2.38. The maximum absolute atomic E-state index is 11.2. The van der Waals surface area contributed by atoms with Crippen LogP contribution in [0.4, 0.5) is 17.3 Å². The summed E-state index contributed by atoms with van der Waals surface area (Å²) in [6, 6.07) is 0. The molecule has 0 aromatic carbocycles. The molecule has 0 bridgehead atoms. The molecule has 0 saturated heterocycles. The number of nitrogens with zero attached hydrogens (tertiary/aromatic N) is 3. The van der Waals surface area contributed by atoms with Gasteiger partial charge >= 0.3 is 5.69 Å². The third kappa shape index (κ3) is 2.58. The van der Waals surface area contributed by atoms with Crippen molar-refractivity contribution in [3.05, 3.63) is 16.4 Å². The number of hydrogen-bond donors (Lipinski definition) is 3. The van der Waals surface area contributed by atoms with Crippen molar-refractivity contribution in [2.24, 2.45) is 0 Å². The molecule has 0 aliphatic heterocycles. The van der Waals surface area contributed by atoms with Crippen molar-refractivity contribution in [2.75, 3.05) is 23.8 Å². The number of anilines is 2. The van der Waals surface area contributed by atoms with Gasteiger partial charge in [0, 0.05) is 6.54 Å². The van der Waals surface area contributed by atoms with Gasteiger partial charge in [-0.05, 0) is 26.2 Å². The SMILES string of the molecule is CCNc1ncnc(NC2(CO)CCC2)c1[N+](=O)[O-]. The predicted octanol–water partition coefficient (Wildman–Crippen LogP) is 1.14. The number of hydrogen-bond acceptors (Lipinski definition) is 7. The molecule has 104 valence electrons. The molecule has 1 fully saturated rings. The molecule has 1 heterocycles. The first-order chi connectivity index (χ1) is 9.12. The monoisotopic (exact) mass is 267 g/mol. The molecular weight excluding hydrogens is 250 g/mol. The Morgan fingerprint density at radius 2 is 2.16 bits per heavy atom. The van der Waals surface area contributed by atoms with Crippen LogP contribution in [0.15, 0.2) is 6.33 Å². The summed E-state index contributed by atoms with van der Waals surface area (Å²) in [5.74, 6) is 0.349. The van der Waals surface area contributed by atoms with Crippen molar-refractivity contribution < 1.29 is 10.0 Å². The van der Waals surface area contributed by atoms with Gasteiger partial charge in [0.15, 0.2) is 0 Å². The van der Waals surface area contributed by atoms with Crippen LogP contribution in [0.25, 0.3) is 0 Å². The standard InChI is InChI=1S/C11H17N5O3/c1-2-12-9-8(16(18)19)10(14-7-13-9)15-11(6-17)4-3-5-11/h7,17H,2-6H2,1H3,(H2,12,13,14,15). The van der Waals surface area contributed by atoms with E-state index in [2.05, 4.69) is 20.6 Å². The molecule has 2 rings (SSSR count). The second-order valence-corrected chi connectivity index (χ2v) is 4.62. The lowest BCUT2D eigenvalue weighted by molar-refractivity contribution is -0.383. The second-order valence-electron chi connectivity index (χ2n) is 4.62. The highest BCUT2D eigenvalue weighted by Gasteiger charge is 2.39. The summed E-state index contributed by atoms with van der Waals surface area (Å²) in [6.07, 6.45) is 3.83. The van der Waals surface area contributed by atoms with Gasteiger partial charge < -0.3 is 15.7 Å². The van der Waals surface area contributed by atoms with Crippen molar-refractivity contribution in [2.45, 2.75) is 31.7 Å². The first-order valence-electron chi connectivity index (χ1n) is 6.24. The Balaban J connectivity index is 2.33. The zero-order chi connectivity index (χ0) is 13.9. The zero-order valence-electron chi connectivity index (χ0n) is 10.7. The van der Waals surface area contributed by atoms with E-state index in [0.717, 1.165) is 19.3 Å². The lowest BCUT2D eigenvalue weighted by Crippen LogP contribution is -2.48. The summed E-state index contributed by atoms with van der Waals surface area (Å²) < 4.78 is 0. The highest BCUT2D eigenvalue weighted by atomic mass is 16.6. The predicted molar refractivity (Wildman–Crippen MR) is 70.1 cm³/mol. The smallest absolute Gasteiger partial charge is 0.353 e. The molecule has 3 N–H and O–H groups in total. The number of aromatic nitrogens is 2. The van der Waals surface area contributed by atoms with Crippen LogP contribution in [-0.4, -0.2) is 38.7 Å². The van der Waals surface area contributed by atoms with Crippen molar-refractivity contribution in [1.82, 2.24) is 9.97 Å². The molecule has 1 aromatic heterocycles. The number of nitro groups is 1. The fourth-order valence-corrected chi connectivity index (χ4v) is 2.12. The van der Waals surface area contributed by atoms with Crippen molar-refractivity contribution in [1.29, 1.82) is 0 Å². The fourth-order valence-electron chi connectivity index (χ4n) is 2.12. The number of aliphatic hydroxyl groups is 1. The average molecular weight is 267 g/mol. The number of nitrogens with one attached hydrogen (secondary N) is 2. The van der Waals surface area contributed by atoms with E-state index in [1.807, 2.05) is 6.92 Å². The van der Waals surface area contributed by atoms with E-state index in [-0.39, 0.29) is 23.9 Å². The van der Waals surface area contributed by atoms with Crippen molar-refractivity contribution >= 4 is 17.3 Å². The van der Waals surface area contributed by atoms with Gasteiger partial charge in [-0.1, -0.05) is 0 Å². The molecule has 0 unspecified atom stereocenters. The third-order valence-corrected chi connectivity index (χ3v) is 3.35. The molecule has 8 heteroatoms. The molecule has 8 nitrogen and oxygen atoms in total. The van der Waals surface area contributed by atoms with Crippen LogP contribution in [0.1, 0.15) is 26.2 Å². The molecular formula is C11H17N5O3. The Morgan fingerprint density at radius 3 is 2.63 bits per heavy atom. The number of aliphatic hydroxyl groups excluding tert-OH is 1. The van der Waals surface area contributed by atoms with E-state index in [9.17, 15) is 15.2 Å². The van der Waals surface area contributed by atoms with Crippen LogP contribution >= 0.6 is 0 Å². The Bertz CT molecular complexity index is 470. The average Bonchev–Trinajstić information content (AvgIpc) is 2.34. The second kappa shape index (κ2) is 5.35. The third-order valence-electron chi connectivity index (χ3n) is 3.35. The maximum atomic E-state index is 11.2. The number of rotatable bonds is 6. The quantitative estimate of drug-likeness (QED) is 0.523. The van der Waals surface area contributed by atoms with Crippen molar-refractivity contribution in [3.63, 3.8) is 0 Å². The summed E-state index contributed by atoms with van der Waals surface area (Å²) in [4.78, 5) is 18.5. The molecule has 0 atom stereocenters. The molecule has 0 spiro atoms. The zero-order valence-corrected chi connectivity index (χ0v) is 10.7. The van der Waals surface area contributed by atoms with Gasteiger partial charge in [-0.15, -0.1) is 0 Å². The van der Waals surface area contributed by atoms with Gasteiger partial charge in [-0.25, -0.2) is 9.97 Å². The lowest BCUT2D eigenvalue weighted by Gasteiger charge is -2.41. The van der Waals surface area contributed by atoms with E-state index in [0.29, 0.717) is 6.54 Å². The first-order valence-corrected chi connectivity index (χ1v) is 6.24. The lowest BCUT2D eigenvalue weighted by atomic mass is 9.77. The molecule has 1 aromatic rings. The van der Waals surface area contributed by atoms with Gasteiger partial charge in [0.05, 0.1) is 17.1 Å². The summed E-state index contributed by atoms with van der Waals surface area (Å²) in [5.41, 5.74) is -0.660. The minimum absolute atomic E-state index is 0.0648. The summed E-state index contributed by atoms with van der Waals surface area (Å²) >= 11 is 0. The largest absolute Gasteiger partial charge is 0.394 e. The highest BCUT2D eigenvalue weighted by molar-refractivity contribution is 5.70. The van der Waals surface area contributed by atoms with Gasteiger partial charge in [-0.3, -0.25) is 10.1 Å². The van der Waals surface area contributed by atoms with Crippen LogP contribution < -0.4 is 10.6 Å². The van der Waals surface area contributed by atoms with Gasteiger partial charge in [0.25, 0.3) is 0 Å². The van der Waals surface area contributed by atoms with Crippen molar-refractivity contribution in [3.8, 4) is 0 Å². The van der Waals surface area contributed by atoms with E-state index in [1.54, 1.807) is 0 Å². The Kier molecular flexibility index (Phi) is 3.79. The van der Waals surface area contributed by atoms with Crippen LogP contribution in [0.2, 0.25) is 0 Å². The van der Waals surface area contributed by atoms with Crippen LogP contribution in [0, 0.1) is 10.1 Å². The van der Waals surface area contributed by atoms with Crippen LogP contribution in [0.3, 0.4) is 0 Å². The van der Waals surface area contributed by atoms with Crippen LogP contribution in [0.5, 0.6) is 0 Å². The normalized spacial score (nSPS) is 16.5.